The van der Waals surface area contributed by atoms with Gasteiger partial charge in [-0.25, -0.2) is 9.59 Å². The number of phenolic OH excluding ortho intramolecular Hbond substituents is 1. The minimum atomic E-state index is -1.98. The highest BCUT2D eigenvalue weighted by Gasteiger charge is 2.38. The first-order valence-corrected chi connectivity index (χ1v) is 24.8. The Bertz CT molecular complexity index is 2430. The maximum Gasteiger partial charge on any atom is 0.327 e. The van der Waals surface area contributed by atoms with Crippen LogP contribution in [0.2, 0.25) is 0 Å². The molecule has 1 heterocycles. The number of carboxylic acids is 2. The predicted molar refractivity (Wildman–Crippen MR) is 278 cm³/mol. The Morgan fingerprint density at radius 2 is 1.41 bits per heavy atom. The highest BCUT2D eigenvalue weighted by atomic mass is 16.5. The minimum absolute atomic E-state index is 0.00559. The van der Waals surface area contributed by atoms with Crippen LogP contribution < -0.4 is 43.4 Å². The molecule has 0 unspecified atom stereocenters. The zero-order valence-corrected chi connectivity index (χ0v) is 43.9. The lowest BCUT2D eigenvalue weighted by Gasteiger charge is -2.28. The summed E-state index contributed by atoms with van der Waals surface area (Å²) < 4.78 is 5.82. The summed E-state index contributed by atoms with van der Waals surface area (Å²) in [6.45, 7) is 6.61. The molecule has 1 aliphatic rings. The highest BCUT2D eigenvalue weighted by molar-refractivity contribution is 5.97. The van der Waals surface area contributed by atoms with Gasteiger partial charge in [-0.15, -0.1) is 0 Å². The van der Waals surface area contributed by atoms with Crippen molar-refractivity contribution in [1.82, 2.24) is 36.8 Å². The van der Waals surface area contributed by atoms with E-state index in [4.69, 9.17) is 16.2 Å². The maximum atomic E-state index is 14.5. The third kappa shape index (κ3) is 19.8. The molecule has 0 aliphatic carbocycles. The van der Waals surface area contributed by atoms with E-state index < -0.39 is 127 Å². The molecule has 0 bridgehead atoms. The molecule has 1 saturated heterocycles. The second kappa shape index (κ2) is 30.5. The summed E-state index contributed by atoms with van der Waals surface area (Å²) >= 11 is 0. The van der Waals surface area contributed by atoms with Gasteiger partial charge in [0.05, 0.1) is 30.6 Å². The fourth-order valence-electron chi connectivity index (χ4n) is 8.12. The summed E-state index contributed by atoms with van der Waals surface area (Å²) in [5, 5.41) is 55.6. The van der Waals surface area contributed by atoms with Crippen molar-refractivity contribution in [3.05, 3.63) is 89.5 Å². The van der Waals surface area contributed by atoms with E-state index in [9.17, 15) is 63.6 Å². The van der Waals surface area contributed by atoms with Gasteiger partial charge < -0.3 is 73.4 Å². The van der Waals surface area contributed by atoms with Gasteiger partial charge in [0, 0.05) is 39.5 Å². The molecule has 24 heteroatoms. The van der Waals surface area contributed by atoms with E-state index in [1.165, 1.54) is 51.1 Å². The number of nitrogens with zero attached hydrogens (tertiary/aromatic N) is 2. The van der Waals surface area contributed by atoms with Crippen LogP contribution in [0.25, 0.3) is 0 Å². The zero-order valence-electron chi connectivity index (χ0n) is 43.9. The van der Waals surface area contributed by atoms with Crippen molar-refractivity contribution < 1.29 is 68.3 Å². The summed E-state index contributed by atoms with van der Waals surface area (Å²) in [5.74, 6) is -13.2. The fourth-order valence-corrected chi connectivity index (χ4v) is 8.12. The van der Waals surface area contributed by atoms with Crippen LogP contribution in [0.3, 0.4) is 0 Å². The van der Waals surface area contributed by atoms with Crippen molar-refractivity contribution in [2.24, 2.45) is 34.2 Å². The van der Waals surface area contributed by atoms with Crippen LogP contribution in [0.5, 0.6) is 5.75 Å². The number of likely N-dealkylation sites (N-methyl/N-ethyl adjacent to an activating group) is 1. The van der Waals surface area contributed by atoms with Gasteiger partial charge in [-0.1, -0.05) is 87.0 Å². The van der Waals surface area contributed by atoms with Crippen LogP contribution >= 0.6 is 0 Å². The van der Waals surface area contributed by atoms with Crippen molar-refractivity contribution in [3.63, 3.8) is 0 Å². The second-order valence-electron chi connectivity index (χ2n) is 18.8. The number of allylic oxidation sites excluding steroid dienone is 2. The number of aliphatic carboxylic acids is 2. The van der Waals surface area contributed by atoms with E-state index >= 15 is 0 Å². The van der Waals surface area contributed by atoms with E-state index in [0.717, 1.165) is 17.5 Å². The zero-order chi connectivity index (χ0) is 56.8. The van der Waals surface area contributed by atoms with Gasteiger partial charge in [0.1, 0.15) is 42.0 Å². The molecule has 14 N–H and O–H groups in total. The van der Waals surface area contributed by atoms with Gasteiger partial charge in [0.2, 0.25) is 41.4 Å². The van der Waals surface area contributed by atoms with E-state index in [-0.39, 0.29) is 49.5 Å². The average molecular weight is 1060 g/mol. The lowest BCUT2D eigenvalue weighted by molar-refractivity contribution is -0.146. The Hall–Kier alpha value is -7.86. The third-order valence-corrected chi connectivity index (χ3v) is 12.9. The molecule has 11 atom stereocenters. The lowest BCUT2D eigenvalue weighted by atomic mass is 9.94. The largest absolute Gasteiger partial charge is 0.508 e. The Balaban J connectivity index is 2.16. The van der Waals surface area contributed by atoms with E-state index in [2.05, 4.69) is 36.9 Å². The number of aliphatic imine (C=N–C) groups is 1. The molecule has 0 aromatic heterocycles. The van der Waals surface area contributed by atoms with E-state index in [0.29, 0.717) is 17.6 Å². The monoisotopic (exact) mass is 1060 g/mol. The first-order chi connectivity index (χ1) is 35.9. The topological polar surface area (TPSA) is 384 Å². The molecule has 24 nitrogen and oxygen atoms in total. The number of amides is 7. The number of carbonyl (C=O) groups excluding carboxylic acids is 7. The van der Waals surface area contributed by atoms with Crippen LogP contribution in [0.15, 0.2) is 83.4 Å². The number of aliphatic hydroxyl groups is 1. The van der Waals surface area contributed by atoms with Crippen LogP contribution in [-0.4, -0.2) is 160 Å². The minimum Gasteiger partial charge on any atom is -0.508 e. The van der Waals surface area contributed by atoms with E-state index in [1.54, 1.807) is 20.1 Å². The van der Waals surface area contributed by atoms with Gasteiger partial charge in [-0.05, 0) is 62.8 Å². The van der Waals surface area contributed by atoms with Crippen molar-refractivity contribution in [2.75, 3.05) is 27.3 Å². The summed E-state index contributed by atoms with van der Waals surface area (Å²) in [4.78, 5) is 127. The molecule has 2 aromatic rings. The molecule has 0 saturated carbocycles. The van der Waals surface area contributed by atoms with Crippen LogP contribution in [-0.2, 0) is 60.7 Å². The quantitative estimate of drug-likeness (QED) is 0.0431. The first kappa shape index (κ1) is 62.4. The van der Waals surface area contributed by atoms with E-state index in [1.807, 2.05) is 43.3 Å². The smallest absolute Gasteiger partial charge is 0.327 e. The molecule has 416 valence electrons. The number of benzene rings is 2. The number of guanidine groups is 1. The first-order valence-electron chi connectivity index (χ1n) is 24.8. The molecule has 1 aliphatic heterocycles. The van der Waals surface area contributed by atoms with Gasteiger partial charge in [0.25, 0.3) is 0 Å². The SMILES string of the molecule is CO[C@@H](Cc1ccccc1)[C@@H](C)/C=C(C)/C=C/[C@@H]1NC(=O)[C@H](CCCN=C(N)N)NC(=O)[C@@H](C)[C@H](C(=O)O)NC(=O)[C@H](Cc2ccc(O)cc2)NC(=O)[C@@H](C)NC(=O)[C@H](CO)N(C)C(=O)CC[C@H](C(=O)O)NC(=O)[C@H]1C. The predicted octanol–water partition coefficient (Wildman–Crippen LogP) is -0.632. The highest BCUT2D eigenvalue weighted by Crippen LogP contribution is 2.19. The number of carbonyl (C=O) groups is 9. The Morgan fingerprint density at radius 1 is 0.789 bits per heavy atom. The summed E-state index contributed by atoms with van der Waals surface area (Å²) in [6.07, 6.45) is 4.04. The van der Waals surface area contributed by atoms with Gasteiger partial charge in [0.15, 0.2) is 5.96 Å². The normalized spacial score (nSPS) is 25.3. The number of hydrogen-bond acceptors (Lipinski definition) is 13. The van der Waals surface area contributed by atoms with Crippen LogP contribution in [0, 0.1) is 17.8 Å². The number of nitrogens with one attached hydrogen (secondary N) is 6. The van der Waals surface area contributed by atoms with Gasteiger partial charge >= 0.3 is 11.9 Å². The van der Waals surface area contributed by atoms with Crippen LogP contribution in [0.4, 0.5) is 0 Å². The molecule has 3 rings (SSSR count). The van der Waals surface area contributed by atoms with Gasteiger partial charge in [-0.2, -0.15) is 0 Å². The average Bonchev–Trinajstić information content (AvgIpc) is 3.37. The third-order valence-electron chi connectivity index (χ3n) is 12.9. The molecular formula is C52H74N10O14. The number of aliphatic hydroxyl groups excluding tert-OH is 1. The van der Waals surface area contributed by atoms with Crippen molar-refractivity contribution in [2.45, 2.75) is 122 Å². The standard InChI is InChI=1S/C52H74N10O14/c1-28(24-29(2)41(76-7)26-33-12-9-8-10-13-33)15-20-36-30(3)44(66)59-38(50(72)73)21-22-42(65)62(6)40(27-63)49(71)56-32(5)46(68)60-39(25-34-16-18-35(64)19-17-34)48(70)61-43(51(74)75)31(4)45(67)58-37(47(69)57-36)14-11-23-55-52(53)54/h8-10,12-13,15-20,24,29-32,36-41,43,63-64H,11,14,21-23,25-27H2,1-7H3,(H,56,71)(H,57,69)(H,58,67)(H,59,66)(H,60,68)(H,61,70)(H,72,73)(H,74,75)(H4,53,54,55)/b20-15+,28-24+/t29-,30-,31-,32+,36-,37-,38+,39-,40-,41-,43+/m0/s1. The molecule has 2 aromatic carbocycles. The number of nitrogens with two attached hydrogens (primary N) is 2. The molecule has 0 radical (unpaired) electrons. The fraction of sp³-hybridized carbons (Fsp3) is 0.500. The number of hydrogen-bond donors (Lipinski definition) is 12. The molecule has 0 spiro atoms. The second-order valence-corrected chi connectivity index (χ2v) is 18.8. The Morgan fingerprint density at radius 3 is 2.00 bits per heavy atom. The number of phenols is 1. The lowest BCUT2D eigenvalue weighted by Crippen LogP contribution is -2.60. The molecule has 7 amide bonds. The van der Waals surface area contributed by atoms with Crippen LogP contribution in [0.1, 0.15) is 71.4 Å². The number of carboxylic acid groups (broad SMARTS) is 2. The van der Waals surface area contributed by atoms with Crippen molar-refractivity contribution >= 4 is 59.2 Å². The molecule has 76 heavy (non-hydrogen) atoms. The number of methoxy groups -OCH3 is 1. The summed E-state index contributed by atoms with van der Waals surface area (Å²) in [6, 6.07) is 4.24. The number of aromatic hydroxyl groups is 1. The molecule has 1 fully saturated rings. The number of rotatable bonds is 16. The van der Waals surface area contributed by atoms with Crippen molar-refractivity contribution in [3.8, 4) is 5.75 Å². The van der Waals surface area contributed by atoms with Gasteiger partial charge in [-0.3, -0.25) is 38.6 Å². The molecular weight excluding hydrogens is 989 g/mol. The Labute approximate surface area is 441 Å². The number of ether oxygens (including phenoxy) is 1. The Kier molecular flexibility index (Phi) is 25.1. The summed E-state index contributed by atoms with van der Waals surface area (Å²) in [7, 11) is 2.76. The maximum absolute atomic E-state index is 14.5. The van der Waals surface area contributed by atoms with Crippen molar-refractivity contribution in [1.29, 1.82) is 0 Å². The summed E-state index contributed by atoms with van der Waals surface area (Å²) in [5.41, 5.74) is 13.2.